The van der Waals surface area contributed by atoms with Gasteiger partial charge in [0.15, 0.2) is 0 Å². The fraction of sp³-hybridized carbons (Fsp3) is 0. The van der Waals surface area contributed by atoms with Crippen LogP contribution in [0.3, 0.4) is 0 Å². The Hall–Kier alpha value is -3.88. The summed E-state index contributed by atoms with van der Waals surface area (Å²) >= 11 is 17.9. The third-order valence-corrected chi connectivity index (χ3v) is 8.46. The molecular formula is C30H18Cl3NO5S. The summed E-state index contributed by atoms with van der Waals surface area (Å²) in [6.07, 6.45) is 0. The minimum absolute atomic E-state index is 0.0665. The van der Waals surface area contributed by atoms with Gasteiger partial charge in [-0.25, -0.2) is 13.2 Å². The molecule has 0 atom stereocenters. The van der Waals surface area contributed by atoms with Crippen molar-refractivity contribution < 1.29 is 22.7 Å². The lowest BCUT2D eigenvalue weighted by Crippen LogP contribution is -2.37. The van der Waals surface area contributed by atoms with Crippen LogP contribution in [0.5, 0.6) is 5.75 Å². The summed E-state index contributed by atoms with van der Waals surface area (Å²) in [5, 5.41) is 1.98. The van der Waals surface area contributed by atoms with Gasteiger partial charge in [-0.15, -0.1) is 0 Å². The molecule has 0 bridgehead atoms. The third-order valence-electron chi connectivity index (χ3n) is 5.99. The number of fused-ring (bicyclic) bond motifs is 1. The summed E-state index contributed by atoms with van der Waals surface area (Å²) in [5.41, 5.74) is 0.448. The predicted molar refractivity (Wildman–Crippen MR) is 157 cm³/mol. The Morgan fingerprint density at radius 3 is 1.68 bits per heavy atom. The van der Waals surface area contributed by atoms with Gasteiger partial charge < -0.3 is 4.74 Å². The molecule has 0 spiro atoms. The molecule has 0 saturated heterocycles. The van der Waals surface area contributed by atoms with Crippen molar-refractivity contribution in [1.29, 1.82) is 0 Å². The zero-order valence-electron chi connectivity index (χ0n) is 20.4. The van der Waals surface area contributed by atoms with Crippen LogP contribution >= 0.6 is 34.8 Å². The van der Waals surface area contributed by atoms with E-state index in [2.05, 4.69) is 0 Å². The standard InChI is InChI=1S/C30H18Cl3NO5S/c31-21-9-5-19(6-10-21)29(35)34(40(37,38)24-15-13-23(33)14-16-24)27-17-18-28(26-4-2-1-3-25(26)27)39-30(36)20-7-11-22(32)12-8-20/h1-18H. The van der Waals surface area contributed by atoms with E-state index in [-0.39, 0.29) is 27.5 Å². The molecule has 0 radical (unpaired) electrons. The van der Waals surface area contributed by atoms with Crippen LogP contribution in [-0.4, -0.2) is 20.3 Å². The second-order valence-electron chi connectivity index (χ2n) is 8.56. The molecule has 0 heterocycles. The number of hydrogen-bond donors (Lipinski definition) is 0. The number of amides is 1. The molecule has 10 heteroatoms. The van der Waals surface area contributed by atoms with Crippen molar-refractivity contribution in [2.75, 3.05) is 4.31 Å². The van der Waals surface area contributed by atoms with Crippen LogP contribution in [0.15, 0.2) is 114 Å². The van der Waals surface area contributed by atoms with Crippen LogP contribution in [0.1, 0.15) is 20.7 Å². The Bertz CT molecular complexity index is 1840. The first-order valence-corrected chi connectivity index (χ1v) is 14.3. The number of nitrogens with zero attached hydrogens (tertiary/aromatic N) is 1. The van der Waals surface area contributed by atoms with Gasteiger partial charge in [0.05, 0.1) is 16.1 Å². The predicted octanol–water partition coefficient (Wildman–Crippen LogP) is 8.05. The van der Waals surface area contributed by atoms with Crippen molar-refractivity contribution in [3.8, 4) is 5.75 Å². The van der Waals surface area contributed by atoms with Crippen molar-refractivity contribution in [1.82, 2.24) is 0 Å². The lowest BCUT2D eigenvalue weighted by molar-refractivity contribution is 0.0736. The zero-order valence-corrected chi connectivity index (χ0v) is 23.5. The minimum atomic E-state index is -4.43. The van der Waals surface area contributed by atoms with E-state index in [4.69, 9.17) is 39.5 Å². The molecule has 0 N–H and O–H groups in total. The van der Waals surface area contributed by atoms with Gasteiger partial charge in [0.1, 0.15) is 5.75 Å². The summed E-state index contributed by atoms with van der Waals surface area (Å²) in [6.45, 7) is 0. The van der Waals surface area contributed by atoms with Gasteiger partial charge in [-0.3, -0.25) is 4.79 Å². The maximum Gasteiger partial charge on any atom is 0.343 e. The van der Waals surface area contributed by atoms with E-state index in [1.807, 2.05) is 0 Å². The smallest absolute Gasteiger partial charge is 0.343 e. The normalized spacial score (nSPS) is 11.3. The van der Waals surface area contributed by atoms with Crippen molar-refractivity contribution in [2.45, 2.75) is 4.90 Å². The molecule has 5 aromatic rings. The largest absolute Gasteiger partial charge is 0.422 e. The number of sulfonamides is 1. The van der Waals surface area contributed by atoms with Crippen molar-refractivity contribution in [3.63, 3.8) is 0 Å². The number of rotatable bonds is 6. The summed E-state index contributed by atoms with van der Waals surface area (Å²) < 4.78 is 34.4. The fourth-order valence-electron chi connectivity index (χ4n) is 4.04. The van der Waals surface area contributed by atoms with Gasteiger partial charge in [-0.05, 0) is 84.9 Å². The lowest BCUT2D eigenvalue weighted by atomic mass is 10.1. The molecule has 0 fully saturated rings. The van der Waals surface area contributed by atoms with Crippen molar-refractivity contribution in [2.24, 2.45) is 0 Å². The van der Waals surface area contributed by atoms with Crippen LogP contribution in [0.2, 0.25) is 15.1 Å². The highest BCUT2D eigenvalue weighted by Gasteiger charge is 2.33. The molecule has 5 rings (SSSR count). The lowest BCUT2D eigenvalue weighted by Gasteiger charge is -2.25. The number of ether oxygens (including phenoxy) is 1. The van der Waals surface area contributed by atoms with E-state index in [0.29, 0.717) is 25.8 Å². The molecule has 0 aliphatic carbocycles. The van der Waals surface area contributed by atoms with Crippen LogP contribution in [0, 0.1) is 0 Å². The van der Waals surface area contributed by atoms with E-state index in [9.17, 15) is 18.0 Å². The molecule has 200 valence electrons. The van der Waals surface area contributed by atoms with Crippen LogP contribution < -0.4 is 9.04 Å². The average Bonchev–Trinajstić information content (AvgIpc) is 2.95. The molecule has 6 nitrogen and oxygen atoms in total. The topological polar surface area (TPSA) is 80.8 Å². The summed E-state index contributed by atoms with van der Waals surface area (Å²) in [5.74, 6) is -1.25. The van der Waals surface area contributed by atoms with Gasteiger partial charge in [-0.1, -0.05) is 59.1 Å². The van der Waals surface area contributed by atoms with Gasteiger partial charge in [0.2, 0.25) is 0 Å². The van der Waals surface area contributed by atoms with E-state index < -0.39 is 21.9 Å². The number of halogens is 3. The van der Waals surface area contributed by atoms with E-state index >= 15 is 0 Å². The Morgan fingerprint density at radius 1 is 0.600 bits per heavy atom. The first-order valence-electron chi connectivity index (χ1n) is 11.8. The van der Waals surface area contributed by atoms with Gasteiger partial charge >= 0.3 is 5.97 Å². The van der Waals surface area contributed by atoms with E-state index in [0.717, 1.165) is 4.31 Å². The number of esters is 1. The quantitative estimate of drug-likeness (QED) is 0.144. The molecule has 0 aromatic heterocycles. The first-order chi connectivity index (χ1) is 19.1. The van der Waals surface area contributed by atoms with Crippen LogP contribution in [0.4, 0.5) is 5.69 Å². The minimum Gasteiger partial charge on any atom is -0.422 e. The number of carbonyl (C=O) groups excluding carboxylic acids is 2. The Balaban J connectivity index is 1.66. The zero-order chi connectivity index (χ0) is 28.4. The highest BCUT2D eigenvalue weighted by Crippen LogP contribution is 2.37. The molecular weight excluding hydrogens is 593 g/mol. The first kappa shape index (κ1) is 27.7. The molecule has 0 aliphatic rings. The van der Waals surface area contributed by atoms with Gasteiger partial charge in [0.25, 0.3) is 15.9 Å². The van der Waals surface area contributed by atoms with Crippen molar-refractivity contribution >= 4 is 73.2 Å². The highest BCUT2D eigenvalue weighted by atomic mass is 35.5. The molecule has 0 unspecified atom stereocenters. The number of benzene rings is 5. The molecule has 5 aromatic carbocycles. The molecule has 40 heavy (non-hydrogen) atoms. The highest BCUT2D eigenvalue weighted by molar-refractivity contribution is 7.93. The van der Waals surface area contributed by atoms with Gasteiger partial charge in [0, 0.05) is 31.4 Å². The second-order valence-corrected chi connectivity index (χ2v) is 11.7. The monoisotopic (exact) mass is 609 g/mol. The molecule has 0 aliphatic heterocycles. The molecule has 1 amide bonds. The molecule has 0 saturated carbocycles. The SMILES string of the molecule is O=C(Oc1ccc(N(C(=O)c2ccc(Cl)cc2)S(=O)(=O)c2ccc(Cl)cc2)c2ccccc12)c1ccc(Cl)cc1. The Labute approximate surface area is 245 Å². The summed E-state index contributed by atoms with van der Waals surface area (Å²) in [4.78, 5) is 26.5. The van der Waals surface area contributed by atoms with E-state index in [1.165, 1.54) is 72.8 Å². The number of carbonyl (C=O) groups is 2. The Morgan fingerprint density at radius 2 is 1.10 bits per heavy atom. The maximum absolute atomic E-state index is 14.0. The number of hydrogen-bond acceptors (Lipinski definition) is 5. The van der Waals surface area contributed by atoms with Crippen LogP contribution in [-0.2, 0) is 10.0 Å². The number of anilines is 1. The summed E-state index contributed by atoms with van der Waals surface area (Å²) in [7, 11) is -4.43. The van der Waals surface area contributed by atoms with Gasteiger partial charge in [-0.2, -0.15) is 4.31 Å². The third kappa shape index (κ3) is 5.55. The Kier molecular flexibility index (Phi) is 7.83. The van der Waals surface area contributed by atoms with E-state index in [1.54, 1.807) is 36.4 Å². The van der Waals surface area contributed by atoms with Crippen LogP contribution in [0.25, 0.3) is 10.8 Å². The second kappa shape index (κ2) is 11.3. The van der Waals surface area contributed by atoms with Crippen molar-refractivity contribution in [3.05, 3.63) is 135 Å². The fourth-order valence-corrected chi connectivity index (χ4v) is 5.85. The maximum atomic E-state index is 14.0. The summed E-state index contributed by atoms with van der Waals surface area (Å²) in [6, 6.07) is 27.2. The average molecular weight is 611 g/mol.